The maximum Gasteiger partial charge on any atom is 0.163 e. The van der Waals surface area contributed by atoms with Gasteiger partial charge in [0.15, 0.2) is 5.82 Å². The number of nitrogens with one attached hydrogen (secondary N) is 1. The second-order valence-electron chi connectivity index (χ2n) is 5.30. The molecule has 1 unspecified atom stereocenters. The van der Waals surface area contributed by atoms with E-state index in [1.165, 1.54) is 0 Å². The van der Waals surface area contributed by atoms with E-state index in [-0.39, 0.29) is 6.04 Å². The summed E-state index contributed by atoms with van der Waals surface area (Å²) < 4.78 is 7.18. The van der Waals surface area contributed by atoms with Crippen molar-refractivity contribution >= 4 is 5.69 Å². The van der Waals surface area contributed by atoms with E-state index in [1.807, 2.05) is 23.7 Å². The van der Waals surface area contributed by atoms with Crippen LogP contribution in [0.15, 0.2) is 30.6 Å². The second-order valence-corrected chi connectivity index (χ2v) is 5.30. The van der Waals surface area contributed by atoms with Gasteiger partial charge in [0, 0.05) is 25.4 Å². The Morgan fingerprint density at radius 2 is 2.15 bits per heavy atom. The molecule has 2 aromatic rings. The lowest BCUT2D eigenvalue weighted by Gasteiger charge is -2.23. The first-order chi connectivity index (χ1) is 9.61. The summed E-state index contributed by atoms with van der Waals surface area (Å²) in [4.78, 5) is 0. The van der Waals surface area contributed by atoms with Crippen molar-refractivity contribution in [1.29, 1.82) is 0 Å². The van der Waals surface area contributed by atoms with Gasteiger partial charge in [-0.2, -0.15) is 0 Å². The first-order valence-electron chi connectivity index (χ1n) is 6.81. The summed E-state index contributed by atoms with van der Waals surface area (Å²) in [5.74, 6) is 1.36. The molecule has 5 nitrogen and oxygen atoms in total. The molecule has 1 aromatic carbocycles. The maximum absolute atomic E-state index is 5.27. The van der Waals surface area contributed by atoms with E-state index >= 15 is 0 Å². The number of hydrogen-bond donors (Lipinski definition) is 1. The Kier molecular flexibility index (Phi) is 4.74. The minimum Gasteiger partial charge on any atom is -0.383 e. The Bertz CT molecular complexity index is 550. The van der Waals surface area contributed by atoms with Crippen LogP contribution in [0, 0.1) is 5.92 Å². The molecule has 0 saturated carbocycles. The Labute approximate surface area is 120 Å². The lowest BCUT2D eigenvalue weighted by Crippen LogP contribution is -2.30. The fourth-order valence-corrected chi connectivity index (χ4v) is 2.09. The molecule has 5 heteroatoms. The van der Waals surface area contributed by atoms with E-state index in [0.717, 1.165) is 17.1 Å². The molecule has 0 amide bonds. The molecule has 0 fully saturated rings. The molecule has 0 aliphatic rings. The van der Waals surface area contributed by atoms with Crippen LogP contribution in [-0.2, 0) is 11.8 Å². The standard InChI is InChI=1S/C15H22N4O/c1-11(2)14(9-20-4)17-13-7-5-6-12(8-13)15-18-16-10-19(15)3/h5-8,10-11,14,17H,9H2,1-4H3. The summed E-state index contributed by atoms with van der Waals surface area (Å²) in [6.45, 7) is 5.05. The van der Waals surface area contributed by atoms with Crippen molar-refractivity contribution in [3.05, 3.63) is 30.6 Å². The third kappa shape index (κ3) is 3.36. The van der Waals surface area contributed by atoms with Gasteiger partial charge >= 0.3 is 0 Å². The van der Waals surface area contributed by atoms with Gasteiger partial charge in [0.2, 0.25) is 0 Å². The monoisotopic (exact) mass is 274 g/mol. The highest BCUT2D eigenvalue weighted by atomic mass is 16.5. The van der Waals surface area contributed by atoms with Crippen molar-refractivity contribution in [1.82, 2.24) is 14.8 Å². The summed E-state index contributed by atoms with van der Waals surface area (Å²) >= 11 is 0. The third-order valence-corrected chi connectivity index (χ3v) is 3.34. The van der Waals surface area contributed by atoms with Gasteiger partial charge in [-0.1, -0.05) is 26.0 Å². The fraction of sp³-hybridized carbons (Fsp3) is 0.467. The molecule has 108 valence electrons. The molecule has 1 N–H and O–H groups in total. The van der Waals surface area contributed by atoms with E-state index in [2.05, 4.69) is 41.5 Å². The van der Waals surface area contributed by atoms with Gasteiger partial charge in [-0.05, 0) is 18.1 Å². The average Bonchev–Trinajstić information content (AvgIpc) is 2.85. The van der Waals surface area contributed by atoms with Gasteiger partial charge < -0.3 is 14.6 Å². The van der Waals surface area contributed by atoms with Crippen LogP contribution in [0.4, 0.5) is 5.69 Å². The van der Waals surface area contributed by atoms with Crippen molar-refractivity contribution in [2.45, 2.75) is 19.9 Å². The molecule has 0 saturated heterocycles. The van der Waals surface area contributed by atoms with E-state index in [1.54, 1.807) is 13.4 Å². The minimum atomic E-state index is 0.287. The van der Waals surface area contributed by atoms with Crippen molar-refractivity contribution in [3.8, 4) is 11.4 Å². The number of nitrogens with zero attached hydrogens (tertiary/aromatic N) is 3. The largest absolute Gasteiger partial charge is 0.383 e. The van der Waals surface area contributed by atoms with Crippen LogP contribution in [0.1, 0.15) is 13.8 Å². The van der Waals surface area contributed by atoms with Crippen molar-refractivity contribution in [3.63, 3.8) is 0 Å². The Morgan fingerprint density at radius 3 is 2.75 bits per heavy atom. The molecule has 0 aliphatic carbocycles. The number of benzene rings is 1. The molecule has 0 bridgehead atoms. The maximum atomic E-state index is 5.27. The number of aromatic nitrogens is 3. The highest BCUT2D eigenvalue weighted by Gasteiger charge is 2.13. The van der Waals surface area contributed by atoms with Gasteiger partial charge in [0.1, 0.15) is 6.33 Å². The lowest BCUT2D eigenvalue weighted by atomic mass is 10.0. The summed E-state index contributed by atoms with van der Waals surface area (Å²) in [6, 6.07) is 8.50. The van der Waals surface area contributed by atoms with Crippen LogP contribution in [-0.4, -0.2) is 34.5 Å². The number of hydrogen-bond acceptors (Lipinski definition) is 4. The van der Waals surface area contributed by atoms with Crippen LogP contribution in [0.2, 0.25) is 0 Å². The van der Waals surface area contributed by atoms with E-state index in [0.29, 0.717) is 12.5 Å². The average molecular weight is 274 g/mol. The first kappa shape index (κ1) is 14.5. The zero-order chi connectivity index (χ0) is 14.5. The zero-order valence-electron chi connectivity index (χ0n) is 12.5. The van der Waals surface area contributed by atoms with Crippen LogP contribution in [0.3, 0.4) is 0 Å². The number of ether oxygens (including phenoxy) is 1. The van der Waals surface area contributed by atoms with Crippen molar-refractivity contribution < 1.29 is 4.74 Å². The second kappa shape index (κ2) is 6.52. The number of anilines is 1. The molecule has 0 aliphatic heterocycles. The molecule has 1 aromatic heterocycles. The highest BCUT2D eigenvalue weighted by Crippen LogP contribution is 2.21. The van der Waals surface area contributed by atoms with Gasteiger partial charge in [-0.15, -0.1) is 10.2 Å². The molecule has 0 spiro atoms. The number of methoxy groups -OCH3 is 1. The smallest absolute Gasteiger partial charge is 0.163 e. The quantitative estimate of drug-likeness (QED) is 0.879. The summed E-state index contributed by atoms with van der Waals surface area (Å²) in [5.41, 5.74) is 2.12. The van der Waals surface area contributed by atoms with Gasteiger partial charge in [-0.25, -0.2) is 0 Å². The predicted octanol–water partition coefficient (Wildman–Crippen LogP) is 2.57. The Hall–Kier alpha value is -1.88. The normalized spacial score (nSPS) is 12.7. The third-order valence-electron chi connectivity index (χ3n) is 3.34. The van der Waals surface area contributed by atoms with Crippen molar-refractivity contribution in [2.24, 2.45) is 13.0 Å². The van der Waals surface area contributed by atoms with Gasteiger partial charge in [-0.3, -0.25) is 0 Å². The van der Waals surface area contributed by atoms with Gasteiger partial charge in [0.05, 0.1) is 12.6 Å². The van der Waals surface area contributed by atoms with Crippen LogP contribution in [0.5, 0.6) is 0 Å². The molecule has 0 radical (unpaired) electrons. The van der Waals surface area contributed by atoms with E-state index < -0.39 is 0 Å². The Morgan fingerprint density at radius 1 is 1.35 bits per heavy atom. The van der Waals surface area contributed by atoms with E-state index in [4.69, 9.17) is 4.74 Å². The molecule has 2 rings (SSSR count). The summed E-state index contributed by atoms with van der Waals surface area (Å²) in [6.07, 6.45) is 1.71. The minimum absolute atomic E-state index is 0.287. The molecular weight excluding hydrogens is 252 g/mol. The first-order valence-corrected chi connectivity index (χ1v) is 6.81. The highest BCUT2D eigenvalue weighted by molar-refractivity contribution is 5.62. The Balaban J connectivity index is 2.19. The lowest BCUT2D eigenvalue weighted by molar-refractivity contribution is 0.171. The SMILES string of the molecule is COCC(Nc1cccc(-c2nncn2C)c1)C(C)C. The fourth-order valence-electron chi connectivity index (χ4n) is 2.09. The van der Waals surface area contributed by atoms with Gasteiger partial charge in [0.25, 0.3) is 0 Å². The van der Waals surface area contributed by atoms with Crippen LogP contribution >= 0.6 is 0 Å². The van der Waals surface area contributed by atoms with Crippen LogP contribution < -0.4 is 5.32 Å². The summed E-state index contributed by atoms with van der Waals surface area (Å²) in [5, 5.41) is 11.6. The van der Waals surface area contributed by atoms with Crippen LogP contribution in [0.25, 0.3) is 11.4 Å². The number of rotatable bonds is 6. The molecule has 1 atom stereocenters. The van der Waals surface area contributed by atoms with Crippen molar-refractivity contribution in [2.75, 3.05) is 19.0 Å². The molecular formula is C15H22N4O. The zero-order valence-corrected chi connectivity index (χ0v) is 12.5. The topological polar surface area (TPSA) is 52.0 Å². The molecule has 20 heavy (non-hydrogen) atoms. The number of aryl methyl sites for hydroxylation is 1. The van der Waals surface area contributed by atoms with E-state index in [9.17, 15) is 0 Å². The predicted molar refractivity (Wildman–Crippen MR) is 80.6 cm³/mol. The molecule has 1 heterocycles. The summed E-state index contributed by atoms with van der Waals surface area (Å²) in [7, 11) is 3.67.